The zero-order valence-corrected chi connectivity index (χ0v) is 70.9. The zero-order valence-electron chi connectivity index (χ0n) is 70.9. The molecule has 0 N–H and O–H groups in total. The highest BCUT2D eigenvalue weighted by atomic mass is 19.2. The van der Waals surface area contributed by atoms with E-state index in [1.54, 1.807) is 18.2 Å². The van der Waals surface area contributed by atoms with Gasteiger partial charge in [0.25, 0.3) is 0 Å². The molecule has 602 valence electrons. The minimum absolute atomic E-state index is 0.229. The normalized spacial score (nSPS) is 11.8. The summed E-state index contributed by atoms with van der Waals surface area (Å²) in [4.78, 5) is 0. The lowest BCUT2D eigenvalue weighted by Gasteiger charge is -2.12. The Morgan fingerprint density at radius 3 is 1.09 bits per heavy atom. The lowest BCUT2D eigenvalue weighted by atomic mass is 9.94. The van der Waals surface area contributed by atoms with E-state index in [1.807, 2.05) is 131 Å². The third-order valence-corrected chi connectivity index (χ3v) is 23.4. The van der Waals surface area contributed by atoms with E-state index in [9.17, 15) is 13.2 Å². The molecule has 0 saturated heterocycles. The van der Waals surface area contributed by atoms with Gasteiger partial charge >= 0.3 is 0 Å². The van der Waals surface area contributed by atoms with Crippen LogP contribution in [0.5, 0.6) is 0 Å². The standard InChI is InChI=1S/2C29H26F2NO.C23H22F2NO.C23H23FNO/c1-16(2)21-14-24(32(5)15-18(21)4)25-17(3)13-23(31)27-20-11-12-22(30)26(28(20)33-29(25)27)19-9-7-6-8-10-19;1-16(2)21-13-24(32(5)15-18(21)4)25-17(3)11-12-20-27-23(31)14-22(30)26(29(27)33-28(20)25)19-9-7-6-8-10-19;1-12(2)17-11-26(5)19(8-14(17)4)21-13(3)6-7-16-22-18(25)9-15(24)10-20(22)27-23(16)21;1-13(2)19-12-25(5)20(10-15(19)4)22-14(3)6-8-18-17-9-7-16(24)11-21(17)26-23(18)22/h2*6-16H,1-5H3;6-12H,1-5H3;6-13H,1-5H3/q4*+1. The van der Waals surface area contributed by atoms with Gasteiger partial charge in [-0.3, -0.25) is 0 Å². The van der Waals surface area contributed by atoms with Crippen LogP contribution >= 0.6 is 0 Å². The molecule has 0 aliphatic rings. The van der Waals surface area contributed by atoms with Crippen molar-refractivity contribution in [3.05, 3.63) is 308 Å². The van der Waals surface area contributed by atoms with E-state index < -0.39 is 29.1 Å². The number of halogens is 7. The largest absolute Gasteiger partial charge is 0.455 e. The summed E-state index contributed by atoms with van der Waals surface area (Å²) in [6, 6.07) is 51.3. The van der Waals surface area contributed by atoms with Crippen LogP contribution in [0.1, 0.15) is 146 Å². The Labute approximate surface area is 688 Å². The monoisotopic (exact) mass is 1600 g/mol. The number of aryl methyl sites for hydroxylation is 12. The molecule has 0 bridgehead atoms. The van der Waals surface area contributed by atoms with Crippen molar-refractivity contribution in [2.45, 2.75) is 134 Å². The zero-order chi connectivity index (χ0) is 84.9. The van der Waals surface area contributed by atoms with Gasteiger partial charge in [0, 0.05) is 97.7 Å². The predicted molar refractivity (Wildman–Crippen MR) is 466 cm³/mol. The first kappa shape index (κ1) is 81.6. The van der Waals surface area contributed by atoms with Crippen LogP contribution in [-0.2, 0) is 28.2 Å². The molecule has 18 rings (SSSR count). The first-order valence-corrected chi connectivity index (χ1v) is 40.4. The van der Waals surface area contributed by atoms with Gasteiger partial charge in [-0.15, -0.1) is 0 Å². The SMILES string of the molecule is Cc1c[n+](C)c(-c2c(C)cc(F)c3c2oc2c(-c4ccccc4)c(F)ccc23)cc1C(C)C.Cc1c[n+](C)c(-c2c(C)ccc3c2oc2c(-c4ccccc4)c(F)cc(F)c23)cc1C(C)C.Cc1cc(-c2c(C)ccc3c2oc2cc(F)cc(F)c23)[n+](C)cc1C(C)C.Cc1cc(-c2c(C)ccc3c2oc2cc(F)ccc23)[n+](C)cc1C(C)C. The van der Waals surface area contributed by atoms with E-state index in [4.69, 9.17) is 17.7 Å². The van der Waals surface area contributed by atoms with E-state index in [0.29, 0.717) is 101 Å². The van der Waals surface area contributed by atoms with E-state index in [2.05, 4.69) is 172 Å². The van der Waals surface area contributed by atoms with Crippen LogP contribution in [0.3, 0.4) is 0 Å². The Kier molecular flexibility index (Phi) is 22.0. The number of rotatable bonds is 10. The average Bonchev–Trinajstić information content (AvgIpc) is 1.59. The van der Waals surface area contributed by atoms with Gasteiger partial charge in [0.1, 0.15) is 108 Å². The minimum Gasteiger partial charge on any atom is -0.455 e. The van der Waals surface area contributed by atoms with Crippen LogP contribution in [0.2, 0.25) is 0 Å². The van der Waals surface area contributed by atoms with Crippen LogP contribution in [0.25, 0.3) is 155 Å². The first-order chi connectivity index (χ1) is 56.7. The molecule has 0 unspecified atom stereocenters. The fourth-order valence-electron chi connectivity index (χ4n) is 17.6. The van der Waals surface area contributed by atoms with E-state index in [0.717, 1.165) is 95.8 Å². The van der Waals surface area contributed by atoms with Gasteiger partial charge in [-0.2, -0.15) is 0 Å². The lowest BCUT2D eigenvalue weighted by molar-refractivity contribution is -0.661. The Bertz CT molecular complexity index is 7110. The molecule has 8 heterocycles. The van der Waals surface area contributed by atoms with Crippen molar-refractivity contribution >= 4 is 87.8 Å². The Hall–Kier alpha value is -12.5. The fraction of sp³-hybridized carbons (Fsp3) is 0.231. The topological polar surface area (TPSA) is 68.1 Å². The molecular formula is C104H97F7N4O4+4. The first-order valence-electron chi connectivity index (χ1n) is 40.4. The molecule has 8 nitrogen and oxygen atoms in total. The number of hydrogen-bond acceptors (Lipinski definition) is 4. The van der Waals surface area contributed by atoms with Gasteiger partial charge in [-0.1, -0.05) is 152 Å². The van der Waals surface area contributed by atoms with Crippen LogP contribution in [0, 0.1) is 96.1 Å². The van der Waals surface area contributed by atoms with Crippen LogP contribution in [0.4, 0.5) is 30.7 Å². The van der Waals surface area contributed by atoms with Crippen molar-refractivity contribution in [1.82, 2.24) is 0 Å². The summed E-state index contributed by atoms with van der Waals surface area (Å²) in [6.45, 7) is 33.9. The highest BCUT2D eigenvalue weighted by Gasteiger charge is 2.32. The summed E-state index contributed by atoms with van der Waals surface area (Å²) in [6.07, 6.45) is 8.55. The van der Waals surface area contributed by atoms with Gasteiger partial charge in [0.05, 0.1) is 49.5 Å². The molecule has 15 heteroatoms. The molecule has 18 aromatic rings. The second-order valence-electron chi connectivity index (χ2n) is 33.2. The number of furan rings is 4. The van der Waals surface area contributed by atoms with Gasteiger partial charge in [0.2, 0.25) is 22.8 Å². The van der Waals surface area contributed by atoms with Gasteiger partial charge in [-0.05, 0) is 165 Å². The second kappa shape index (κ2) is 32.1. The van der Waals surface area contributed by atoms with E-state index in [1.165, 1.54) is 68.8 Å². The van der Waals surface area contributed by atoms with Crippen LogP contribution in [0.15, 0.2) is 218 Å². The highest BCUT2D eigenvalue weighted by Crippen LogP contribution is 2.47. The molecule has 0 aliphatic heterocycles. The smallest absolute Gasteiger partial charge is 0.216 e. The van der Waals surface area contributed by atoms with Crippen molar-refractivity contribution in [1.29, 1.82) is 0 Å². The maximum atomic E-state index is 15.4. The molecule has 0 saturated carbocycles. The van der Waals surface area contributed by atoms with E-state index in [-0.39, 0.29) is 28.4 Å². The van der Waals surface area contributed by atoms with Crippen molar-refractivity contribution in [3.63, 3.8) is 0 Å². The molecular weight excluding hydrogens is 1500 g/mol. The van der Waals surface area contributed by atoms with Gasteiger partial charge < -0.3 is 17.7 Å². The van der Waals surface area contributed by atoms with Crippen molar-refractivity contribution < 1.29 is 66.7 Å². The molecule has 10 aromatic carbocycles. The quantitative estimate of drug-likeness (QED) is 0.101. The summed E-state index contributed by atoms with van der Waals surface area (Å²) in [5.41, 5.74) is 27.4. The van der Waals surface area contributed by atoms with Crippen molar-refractivity contribution in [2.24, 2.45) is 28.2 Å². The fourth-order valence-corrected chi connectivity index (χ4v) is 17.6. The summed E-state index contributed by atoms with van der Waals surface area (Å²) in [5.74, 6) is -1.94. The highest BCUT2D eigenvalue weighted by molar-refractivity contribution is 6.16. The molecule has 0 aliphatic carbocycles. The molecule has 0 radical (unpaired) electrons. The number of pyridine rings is 4. The minimum atomic E-state index is -0.639. The average molecular weight is 1600 g/mol. The Balaban J connectivity index is 0.000000125. The Morgan fingerprint density at radius 2 is 0.605 bits per heavy atom. The van der Waals surface area contributed by atoms with E-state index >= 15 is 17.6 Å². The number of aromatic nitrogens is 4. The van der Waals surface area contributed by atoms with Crippen molar-refractivity contribution in [2.75, 3.05) is 0 Å². The molecule has 0 atom stereocenters. The Morgan fingerprint density at radius 1 is 0.244 bits per heavy atom. The van der Waals surface area contributed by atoms with Crippen LogP contribution < -0.4 is 18.3 Å². The predicted octanol–water partition coefficient (Wildman–Crippen LogP) is 27.6. The maximum absolute atomic E-state index is 15.4. The summed E-state index contributed by atoms with van der Waals surface area (Å²) in [7, 11) is 8.06. The van der Waals surface area contributed by atoms with Gasteiger partial charge in [0.15, 0.2) is 30.4 Å². The number of nitrogens with zero attached hydrogens (tertiary/aromatic N) is 4. The van der Waals surface area contributed by atoms with Crippen LogP contribution in [-0.4, -0.2) is 0 Å². The third-order valence-electron chi connectivity index (χ3n) is 23.4. The number of hydrogen-bond donors (Lipinski definition) is 0. The van der Waals surface area contributed by atoms with Crippen molar-refractivity contribution in [3.8, 4) is 67.3 Å². The summed E-state index contributed by atoms with van der Waals surface area (Å²) < 4.78 is 135. The molecule has 0 spiro atoms. The second-order valence-corrected chi connectivity index (χ2v) is 33.2. The summed E-state index contributed by atoms with van der Waals surface area (Å²) in [5, 5.41) is 4.86. The summed E-state index contributed by atoms with van der Waals surface area (Å²) >= 11 is 0. The lowest BCUT2D eigenvalue weighted by Crippen LogP contribution is -2.32. The number of fused-ring (bicyclic) bond motifs is 12. The molecule has 119 heavy (non-hydrogen) atoms. The maximum Gasteiger partial charge on any atom is 0.216 e. The molecule has 0 amide bonds. The third kappa shape index (κ3) is 14.8. The number of benzene rings is 10. The van der Waals surface area contributed by atoms with Gasteiger partial charge in [-0.25, -0.2) is 49.0 Å². The molecule has 0 fully saturated rings. The molecule has 8 aromatic heterocycles.